The minimum Gasteiger partial charge on any atom is -0.484 e. The maximum absolute atomic E-state index is 12.2. The van der Waals surface area contributed by atoms with Crippen molar-refractivity contribution in [1.29, 1.82) is 0 Å². The molecular formula is C18H21ClN2O4S. The van der Waals surface area contributed by atoms with Crippen LogP contribution in [-0.4, -0.2) is 27.0 Å². The maximum Gasteiger partial charge on any atom is 0.262 e. The molecule has 26 heavy (non-hydrogen) atoms. The molecule has 8 heteroatoms. The fourth-order valence-electron chi connectivity index (χ4n) is 2.04. The van der Waals surface area contributed by atoms with E-state index in [1.165, 1.54) is 24.3 Å². The van der Waals surface area contributed by atoms with Crippen LogP contribution in [0.3, 0.4) is 0 Å². The largest absolute Gasteiger partial charge is 0.484 e. The van der Waals surface area contributed by atoms with E-state index in [1.54, 1.807) is 31.2 Å². The minimum atomic E-state index is -3.56. The van der Waals surface area contributed by atoms with E-state index in [0.717, 1.165) is 0 Å². The lowest BCUT2D eigenvalue weighted by Gasteiger charge is -2.12. The third kappa shape index (κ3) is 6.01. The summed E-state index contributed by atoms with van der Waals surface area (Å²) in [5.74, 6) is 0.0520. The summed E-state index contributed by atoms with van der Waals surface area (Å²) in [5, 5.41) is 3.18. The Morgan fingerprint density at radius 1 is 1.19 bits per heavy atom. The average Bonchev–Trinajstić information content (AvgIpc) is 2.60. The second kappa shape index (κ2) is 9.02. The molecule has 0 aliphatic heterocycles. The van der Waals surface area contributed by atoms with Crippen LogP contribution in [0.15, 0.2) is 53.4 Å². The zero-order chi connectivity index (χ0) is 19.2. The van der Waals surface area contributed by atoms with Gasteiger partial charge in [0.25, 0.3) is 5.91 Å². The van der Waals surface area contributed by atoms with Crippen LogP contribution in [0.1, 0.15) is 20.3 Å². The van der Waals surface area contributed by atoms with E-state index in [2.05, 4.69) is 10.0 Å². The van der Waals surface area contributed by atoms with E-state index in [1.807, 2.05) is 6.92 Å². The molecule has 0 spiro atoms. The lowest BCUT2D eigenvalue weighted by atomic mass is 10.3. The van der Waals surface area contributed by atoms with E-state index in [0.29, 0.717) is 22.9 Å². The van der Waals surface area contributed by atoms with E-state index in [9.17, 15) is 13.2 Å². The smallest absolute Gasteiger partial charge is 0.262 e. The molecule has 0 heterocycles. The quantitative estimate of drug-likeness (QED) is 0.715. The van der Waals surface area contributed by atoms with Gasteiger partial charge in [0.15, 0.2) is 6.61 Å². The molecule has 2 aromatic carbocycles. The minimum absolute atomic E-state index is 0.147. The lowest BCUT2D eigenvalue weighted by Crippen LogP contribution is -2.31. The zero-order valence-corrected chi connectivity index (χ0v) is 16.1. The number of amides is 1. The molecule has 1 atom stereocenters. The second-order valence-electron chi connectivity index (χ2n) is 5.75. The number of hydrogen-bond donors (Lipinski definition) is 2. The van der Waals surface area contributed by atoms with E-state index < -0.39 is 10.0 Å². The van der Waals surface area contributed by atoms with Gasteiger partial charge in [-0.1, -0.05) is 24.6 Å². The number of hydrogen-bond acceptors (Lipinski definition) is 4. The zero-order valence-electron chi connectivity index (χ0n) is 14.5. The van der Waals surface area contributed by atoms with Gasteiger partial charge in [0, 0.05) is 16.8 Å². The summed E-state index contributed by atoms with van der Waals surface area (Å²) >= 11 is 5.86. The van der Waals surface area contributed by atoms with Gasteiger partial charge in [-0.05, 0) is 55.8 Å². The highest BCUT2D eigenvalue weighted by molar-refractivity contribution is 7.89. The second-order valence-corrected chi connectivity index (χ2v) is 7.90. The first-order chi connectivity index (χ1) is 12.3. The number of anilines is 1. The Labute approximate surface area is 158 Å². The van der Waals surface area contributed by atoms with Gasteiger partial charge in [-0.25, -0.2) is 13.1 Å². The predicted molar refractivity (Wildman–Crippen MR) is 102 cm³/mol. The van der Waals surface area contributed by atoms with Crippen LogP contribution in [0.5, 0.6) is 5.75 Å². The third-order valence-electron chi connectivity index (χ3n) is 3.58. The molecule has 0 aromatic heterocycles. The van der Waals surface area contributed by atoms with Gasteiger partial charge in [-0.3, -0.25) is 4.79 Å². The van der Waals surface area contributed by atoms with Crippen LogP contribution in [0.4, 0.5) is 5.69 Å². The number of halogens is 1. The third-order valence-corrected chi connectivity index (χ3v) is 5.42. The van der Waals surface area contributed by atoms with Crippen LogP contribution in [0.25, 0.3) is 0 Å². The Morgan fingerprint density at radius 3 is 2.50 bits per heavy atom. The monoisotopic (exact) mass is 396 g/mol. The summed E-state index contributed by atoms with van der Waals surface area (Å²) in [6, 6.07) is 12.5. The van der Waals surface area contributed by atoms with Crippen LogP contribution in [0.2, 0.25) is 5.02 Å². The van der Waals surface area contributed by atoms with Crippen molar-refractivity contribution in [3.8, 4) is 5.75 Å². The molecule has 0 aliphatic carbocycles. The van der Waals surface area contributed by atoms with Gasteiger partial charge in [0.05, 0.1) is 4.90 Å². The first-order valence-corrected chi connectivity index (χ1v) is 9.97. The molecule has 6 nitrogen and oxygen atoms in total. The van der Waals surface area contributed by atoms with Crippen molar-refractivity contribution in [3.05, 3.63) is 53.6 Å². The van der Waals surface area contributed by atoms with Crippen molar-refractivity contribution < 1.29 is 17.9 Å². The number of ether oxygens (including phenoxy) is 1. The molecule has 2 rings (SSSR count). The van der Waals surface area contributed by atoms with Crippen LogP contribution in [0, 0.1) is 0 Å². The Bertz CT molecular complexity index is 854. The standard InChI is InChI=1S/C18H21ClN2O4S/c1-3-13(2)21-26(23,24)17-9-7-16(8-10-17)25-12-18(22)20-15-6-4-5-14(19)11-15/h4-11,13,21H,3,12H2,1-2H3,(H,20,22)/t13-/m1/s1. The lowest BCUT2D eigenvalue weighted by molar-refractivity contribution is -0.118. The van der Waals surface area contributed by atoms with E-state index >= 15 is 0 Å². The van der Waals surface area contributed by atoms with Crippen molar-refractivity contribution >= 4 is 33.2 Å². The average molecular weight is 397 g/mol. The molecule has 2 aromatic rings. The SMILES string of the molecule is CC[C@@H](C)NS(=O)(=O)c1ccc(OCC(=O)Nc2cccc(Cl)c2)cc1. The Balaban J connectivity index is 1.92. The van der Waals surface area contributed by atoms with E-state index in [4.69, 9.17) is 16.3 Å². The van der Waals surface area contributed by atoms with Gasteiger partial charge < -0.3 is 10.1 Å². The fraction of sp³-hybridized carbons (Fsp3) is 0.278. The molecule has 1 amide bonds. The van der Waals surface area contributed by atoms with Gasteiger partial charge in [-0.2, -0.15) is 0 Å². The van der Waals surface area contributed by atoms with Crippen molar-refractivity contribution in [2.24, 2.45) is 0 Å². The Kier molecular flexibility index (Phi) is 7.02. The maximum atomic E-state index is 12.2. The van der Waals surface area contributed by atoms with Crippen molar-refractivity contribution in [2.75, 3.05) is 11.9 Å². The summed E-state index contributed by atoms with van der Waals surface area (Å²) in [4.78, 5) is 12.0. The van der Waals surface area contributed by atoms with Crippen molar-refractivity contribution in [1.82, 2.24) is 4.72 Å². The summed E-state index contributed by atoms with van der Waals surface area (Å²) in [7, 11) is -3.56. The highest BCUT2D eigenvalue weighted by atomic mass is 35.5. The fourth-order valence-corrected chi connectivity index (χ4v) is 3.56. The van der Waals surface area contributed by atoms with Crippen LogP contribution in [-0.2, 0) is 14.8 Å². The van der Waals surface area contributed by atoms with Crippen LogP contribution < -0.4 is 14.8 Å². The molecule has 0 aliphatic rings. The summed E-state index contributed by atoms with van der Waals surface area (Å²) in [6.45, 7) is 3.50. The van der Waals surface area contributed by atoms with Gasteiger partial charge in [0.1, 0.15) is 5.75 Å². The summed E-state index contributed by atoms with van der Waals surface area (Å²) in [6.07, 6.45) is 0.697. The summed E-state index contributed by atoms with van der Waals surface area (Å²) < 4.78 is 32.3. The molecule has 0 unspecified atom stereocenters. The number of carbonyl (C=O) groups excluding carboxylic acids is 1. The highest BCUT2D eigenvalue weighted by Gasteiger charge is 2.16. The number of sulfonamides is 1. The molecule has 140 valence electrons. The van der Waals surface area contributed by atoms with Crippen molar-refractivity contribution in [3.63, 3.8) is 0 Å². The number of carbonyl (C=O) groups is 1. The molecule has 0 bridgehead atoms. The molecule has 2 N–H and O–H groups in total. The van der Waals surface area contributed by atoms with E-state index in [-0.39, 0.29) is 23.5 Å². The topological polar surface area (TPSA) is 84.5 Å². The molecular weight excluding hydrogens is 376 g/mol. The molecule has 0 radical (unpaired) electrons. The normalized spacial score (nSPS) is 12.4. The Morgan fingerprint density at radius 2 is 1.88 bits per heavy atom. The summed E-state index contributed by atoms with van der Waals surface area (Å²) in [5.41, 5.74) is 0.573. The number of nitrogens with one attached hydrogen (secondary N) is 2. The molecule has 0 saturated carbocycles. The Hall–Kier alpha value is -2.09. The molecule has 0 fully saturated rings. The first kappa shape index (κ1) is 20.2. The van der Waals surface area contributed by atoms with Crippen molar-refractivity contribution in [2.45, 2.75) is 31.2 Å². The number of rotatable bonds is 8. The van der Waals surface area contributed by atoms with Gasteiger partial charge in [-0.15, -0.1) is 0 Å². The molecule has 0 saturated heterocycles. The first-order valence-electron chi connectivity index (χ1n) is 8.11. The predicted octanol–water partition coefficient (Wildman–Crippen LogP) is 3.43. The number of benzene rings is 2. The van der Waals surface area contributed by atoms with Gasteiger partial charge >= 0.3 is 0 Å². The van der Waals surface area contributed by atoms with Gasteiger partial charge in [0.2, 0.25) is 10.0 Å². The van der Waals surface area contributed by atoms with Crippen LogP contribution >= 0.6 is 11.6 Å². The highest BCUT2D eigenvalue weighted by Crippen LogP contribution is 2.17.